The molecule has 0 radical (unpaired) electrons. The largest absolute Gasteiger partial charge is 0.435 e. The zero-order valence-corrected chi connectivity index (χ0v) is 23.1. The Morgan fingerprint density at radius 2 is 1.90 bits per heavy atom. The summed E-state index contributed by atoms with van der Waals surface area (Å²) in [5.41, 5.74) is 5.83. The fourth-order valence-corrected chi connectivity index (χ4v) is 5.46. The van der Waals surface area contributed by atoms with Crippen molar-refractivity contribution in [2.24, 2.45) is 11.7 Å². The smallest absolute Gasteiger partial charge is 0.326 e. The molecule has 2 heterocycles. The predicted molar refractivity (Wildman–Crippen MR) is 149 cm³/mol. The minimum Gasteiger partial charge on any atom is -0.326 e. The van der Waals surface area contributed by atoms with Gasteiger partial charge in [0.15, 0.2) is 5.69 Å². The van der Waals surface area contributed by atoms with E-state index < -0.39 is 23.6 Å². The number of halogens is 4. The quantitative estimate of drug-likeness (QED) is 0.326. The molecule has 1 aliphatic heterocycles. The second kappa shape index (κ2) is 12.3. The van der Waals surface area contributed by atoms with E-state index >= 15 is 4.39 Å². The van der Waals surface area contributed by atoms with Gasteiger partial charge in [0, 0.05) is 38.3 Å². The number of anilines is 1. The van der Waals surface area contributed by atoms with Gasteiger partial charge in [-0.2, -0.15) is 18.3 Å². The number of carbonyl (C=O) groups excluding carboxylic acids is 1. The zero-order valence-electron chi connectivity index (χ0n) is 23.1. The molecule has 3 N–H and O–H groups in total. The van der Waals surface area contributed by atoms with Gasteiger partial charge in [0.05, 0.1) is 11.4 Å². The molecule has 2 fully saturated rings. The molecule has 0 bridgehead atoms. The van der Waals surface area contributed by atoms with Crippen molar-refractivity contribution in [3.8, 4) is 5.69 Å². The van der Waals surface area contributed by atoms with Crippen LogP contribution in [-0.2, 0) is 12.7 Å². The van der Waals surface area contributed by atoms with Crippen LogP contribution in [-0.4, -0.2) is 58.7 Å². The molecule has 1 amide bonds. The van der Waals surface area contributed by atoms with E-state index in [1.54, 1.807) is 30.3 Å². The third kappa shape index (κ3) is 7.14. The molecule has 220 valence electrons. The number of amides is 1. The van der Waals surface area contributed by atoms with Crippen molar-refractivity contribution in [2.75, 3.05) is 38.5 Å². The lowest BCUT2D eigenvalue weighted by atomic mass is 9.97. The van der Waals surface area contributed by atoms with Crippen LogP contribution in [0.5, 0.6) is 0 Å². The van der Waals surface area contributed by atoms with Gasteiger partial charge in [0.1, 0.15) is 11.5 Å². The second-order valence-electron chi connectivity index (χ2n) is 11.1. The number of carbonyl (C=O) groups is 1. The van der Waals surface area contributed by atoms with Gasteiger partial charge in [-0.05, 0) is 74.2 Å². The fourth-order valence-electron chi connectivity index (χ4n) is 5.46. The number of likely N-dealkylation sites (N-methyl/N-ethyl adjacent to an activating group) is 1. The minimum absolute atomic E-state index is 0.0553. The Balaban J connectivity index is 1.45. The van der Waals surface area contributed by atoms with Crippen molar-refractivity contribution in [1.82, 2.24) is 19.6 Å². The maximum atomic E-state index is 15.1. The predicted octanol–water partition coefficient (Wildman–Crippen LogP) is 5.61. The molecule has 1 unspecified atom stereocenters. The lowest BCUT2D eigenvalue weighted by molar-refractivity contribution is -0.141. The van der Waals surface area contributed by atoms with E-state index in [-0.39, 0.29) is 29.7 Å². The molecular formula is C30H36F4N6O. The monoisotopic (exact) mass is 572 g/mol. The number of nitrogens with zero attached hydrogens (tertiary/aromatic N) is 4. The molecule has 1 saturated heterocycles. The maximum absolute atomic E-state index is 15.1. The van der Waals surface area contributed by atoms with Crippen LogP contribution >= 0.6 is 0 Å². The van der Waals surface area contributed by atoms with Gasteiger partial charge >= 0.3 is 6.18 Å². The topological polar surface area (TPSA) is 79.4 Å². The Kier molecular flexibility index (Phi) is 8.77. The average molecular weight is 573 g/mol. The van der Waals surface area contributed by atoms with E-state index in [0.717, 1.165) is 61.6 Å². The Morgan fingerprint density at radius 3 is 2.63 bits per heavy atom. The lowest BCUT2D eigenvalue weighted by Gasteiger charge is -2.31. The third-order valence-electron chi connectivity index (χ3n) is 7.99. The molecule has 7 nitrogen and oxygen atoms in total. The van der Waals surface area contributed by atoms with Gasteiger partial charge in [-0.25, -0.2) is 9.07 Å². The summed E-state index contributed by atoms with van der Waals surface area (Å²) in [5, 5.41) is 6.20. The van der Waals surface area contributed by atoms with E-state index in [1.165, 1.54) is 25.0 Å². The van der Waals surface area contributed by atoms with Crippen molar-refractivity contribution >= 4 is 11.6 Å². The molecule has 11 heteroatoms. The number of benzene rings is 2. The number of hydrogen-bond acceptors (Lipinski definition) is 5. The normalized spacial score (nSPS) is 17.8. The summed E-state index contributed by atoms with van der Waals surface area (Å²) in [7, 11) is 2.11. The fraction of sp³-hybridized carbons (Fsp3) is 0.467. The van der Waals surface area contributed by atoms with Crippen LogP contribution in [0.25, 0.3) is 5.69 Å². The van der Waals surface area contributed by atoms with Gasteiger partial charge in [0.25, 0.3) is 5.91 Å². The van der Waals surface area contributed by atoms with E-state index in [1.807, 2.05) is 0 Å². The Morgan fingerprint density at radius 1 is 1.10 bits per heavy atom. The number of alkyl halides is 3. The molecule has 2 aliphatic rings. The number of hydrogen-bond donors (Lipinski definition) is 2. The molecule has 1 saturated carbocycles. The van der Waals surface area contributed by atoms with Crippen LogP contribution < -0.4 is 11.1 Å². The summed E-state index contributed by atoms with van der Waals surface area (Å²) >= 11 is 0. The molecular weight excluding hydrogens is 536 g/mol. The summed E-state index contributed by atoms with van der Waals surface area (Å²) < 4.78 is 56.8. The Labute approximate surface area is 237 Å². The Bertz CT molecular complexity index is 1370. The Hall–Kier alpha value is -3.28. The highest BCUT2D eigenvalue weighted by molar-refractivity contribution is 6.03. The summed E-state index contributed by atoms with van der Waals surface area (Å²) in [5.74, 6) is -0.827. The van der Waals surface area contributed by atoms with Crippen LogP contribution in [0.15, 0.2) is 48.5 Å². The molecule has 41 heavy (non-hydrogen) atoms. The lowest BCUT2D eigenvalue weighted by Crippen LogP contribution is -2.33. The maximum Gasteiger partial charge on any atom is 0.435 e. The van der Waals surface area contributed by atoms with E-state index in [2.05, 4.69) is 27.3 Å². The molecule has 1 aliphatic carbocycles. The van der Waals surface area contributed by atoms with Crippen molar-refractivity contribution in [3.63, 3.8) is 0 Å². The van der Waals surface area contributed by atoms with Gasteiger partial charge in [0.2, 0.25) is 0 Å². The molecule has 2 aromatic carbocycles. The van der Waals surface area contributed by atoms with Crippen molar-refractivity contribution in [1.29, 1.82) is 0 Å². The SMILES string of the molecule is CN1CCCN(C(CCC2CC2)c2ccc(F)c(NC(=O)c3cc(C(F)(F)F)nn3-c3cccc(CN)c3)c2)CC1. The van der Waals surface area contributed by atoms with Crippen LogP contribution in [0.2, 0.25) is 0 Å². The molecule has 5 rings (SSSR count). The summed E-state index contributed by atoms with van der Waals surface area (Å²) in [4.78, 5) is 18.1. The van der Waals surface area contributed by atoms with Crippen LogP contribution in [0, 0.1) is 11.7 Å². The van der Waals surface area contributed by atoms with Crippen LogP contribution in [0.4, 0.5) is 23.2 Å². The summed E-state index contributed by atoms with van der Waals surface area (Å²) in [6.45, 7) is 3.90. The van der Waals surface area contributed by atoms with Crippen molar-refractivity contribution in [3.05, 3.63) is 76.9 Å². The minimum atomic E-state index is -4.77. The molecule has 3 aromatic rings. The van der Waals surface area contributed by atoms with Gasteiger partial charge in [-0.3, -0.25) is 9.69 Å². The summed E-state index contributed by atoms with van der Waals surface area (Å²) in [6, 6.07) is 11.9. The molecule has 1 aromatic heterocycles. The van der Waals surface area contributed by atoms with E-state index in [4.69, 9.17) is 5.73 Å². The van der Waals surface area contributed by atoms with Gasteiger partial charge in [-0.15, -0.1) is 0 Å². The number of nitrogens with one attached hydrogen (secondary N) is 1. The first-order chi connectivity index (χ1) is 19.6. The number of rotatable bonds is 9. The average Bonchev–Trinajstić information content (AvgIpc) is 3.70. The van der Waals surface area contributed by atoms with Crippen molar-refractivity contribution < 1.29 is 22.4 Å². The van der Waals surface area contributed by atoms with Crippen molar-refractivity contribution in [2.45, 2.75) is 50.9 Å². The first kappa shape index (κ1) is 29.2. The van der Waals surface area contributed by atoms with Gasteiger partial charge in [-0.1, -0.05) is 31.0 Å². The van der Waals surface area contributed by atoms with Crippen LogP contribution in [0.3, 0.4) is 0 Å². The van der Waals surface area contributed by atoms with E-state index in [9.17, 15) is 18.0 Å². The highest BCUT2D eigenvalue weighted by atomic mass is 19.4. The number of nitrogens with two attached hydrogens (primary N) is 1. The number of aromatic nitrogens is 2. The molecule has 1 atom stereocenters. The second-order valence-corrected chi connectivity index (χ2v) is 11.1. The first-order valence-electron chi connectivity index (χ1n) is 14.1. The first-order valence-corrected chi connectivity index (χ1v) is 14.1. The standard InChI is InChI=1S/C30H36F4N6O/c1-38-12-3-13-39(15-14-38)26(11-8-20-6-7-20)22-9-10-24(31)25(17-22)36-29(41)27-18-28(30(32,33)34)37-40(27)23-5-2-4-21(16-23)19-35/h2,4-5,9-10,16-18,20,26H,3,6-8,11-15,19,35H2,1H3,(H,36,41). The highest BCUT2D eigenvalue weighted by Crippen LogP contribution is 2.38. The third-order valence-corrected chi connectivity index (χ3v) is 7.99. The zero-order chi connectivity index (χ0) is 29.1. The van der Waals surface area contributed by atoms with Gasteiger partial charge < -0.3 is 16.0 Å². The van der Waals surface area contributed by atoms with Crippen LogP contribution in [0.1, 0.15) is 65.5 Å². The molecule has 0 spiro atoms. The summed E-state index contributed by atoms with van der Waals surface area (Å²) in [6.07, 6.45) is 0.735. The van der Waals surface area contributed by atoms with E-state index in [0.29, 0.717) is 11.6 Å². The highest BCUT2D eigenvalue weighted by Gasteiger charge is 2.36.